The first-order valence-corrected chi connectivity index (χ1v) is 7.76. The zero-order valence-corrected chi connectivity index (χ0v) is 11.3. The van der Waals surface area contributed by atoms with E-state index in [9.17, 15) is 13.2 Å². The number of nitrogens with one attached hydrogen (secondary N) is 3. The Morgan fingerprint density at radius 3 is 2.78 bits per heavy atom. The number of hydrogen-bond acceptors (Lipinski definition) is 4. The quantitative estimate of drug-likeness (QED) is 0.564. The van der Waals surface area contributed by atoms with E-state index >= 15 is 0 Å². The molecule has 0 bridgehead atoms. The van der Waals surface area contributed by atoms with E-state index in [0.717, 1.165) is 12.8 Å². The second kappa shape index (κ2) is 5.52. The Balaban J connectivity index is 2.08. The topological polar surface area (TPSA) is 90.5 Å². The highest BCUT2D eigenvalue weighted by molar-refractivity contribution is 7.87. The van der Waals surface area contributed by atoms with Gasteiger partial charge in [0, 0.05) is 32.2 Å². The highest BCUT2D eigenvalue weighted by atomic mass is 32.2. The van der Waals surface area contributed by atoms with Crippen LogP contribution < -0.4 is 15.4 Å². The van der Waals surface area contributed by atoms with Crippen LogP contribution in [0.25, 0.3) is 0 Å². The Morgan fingerprint density at radius 1 is 1.44 bits per heavy atom. The summed E-state index contributed by atoms with van der Waals surface area (Å²) in [5.74, 6) is -0.245. The Kier molecular flexibility index (Phi) is 4.21. The molecule has 0 aromatic carbocycles. The first kappa shape index (κ1) is 13.7. The van der Waals surface area contributed by atoms with Gasteiger partial charge >= 0.3 is 0 Å². The summed E-state index contributed by atoms with van der Waals surface area (Å²) >= 11 is 0. The van der Waals surface area contributed by atoms with Gasteiger partial charge in [0.2, 0.25) is 5.91 Å². The van der Waals surface area contributed by atoms with E-state index < -0.39 is 16.3 Å². The van der Waals surface area contributed by atoms with Gasteiger partial charge in [0.25, 0.3) is 10.2 Å². The Bertz CT molecular complexity index is 407. The zero-order chi connectivity index (χ0) is 13.2. The third kappa shape index (κ3) is 3.19. The van der Waals surface area contributed by atoms with Crippen molar-refractivity contribution >= 4 is 16.1 Å². The summed E-state index contributed by atoms with van der Waals surface area (Å²) in [6, 6.07) is -0.602. The minimum absolute atomic E-state index is 0.0553. The summed E-state index contributed by atoms with van der Waals surface area (Å²) < 4.78 is 28.2. The molecular weight excluding hydrogens is 256 g/mol. The van der Waals surface area contributed by atoms with E-state index in [1.165, 1.54) is 4.31 Å². The highest BCUT2D eigenvalue weighted by Gasteiger charge is 2.39. The first-order chi connectivity index (χ1) is 8.54. The third-order valence-electron chi connectivity index (χ3n) is 3.05. The maximum atomic E-state index is 12.2. The van der Waals surface area contributed by atoms with Crippen molar-refractivity contribution in [3.8, 4) is 0 Å². The summed E-state index contributed by atoms with van der Waals surface area (Å²) in [6.07, 6.45) is 1.77. The average Bonchev–Trinajstić information content (AvgIpc) is 3.12. The van der Waals surface area contributed by atoms with Crippen molar-refractivity contribution in [1.29, 1.82) is 0 Å². The van der Waals surface area contributed by atoms with Crippen molar-refractivity contribution in [2.45, 2.75) is 31.8 Å². The second-order valence-electron chi connectivity index (χ2n) is 4.62. The molecule has 1 unspecified atom stereocenters. The molecule has 1 aliphatic heterocycles. The lowest BCUT2D eigenvalue weighted by Crippen LogP contribution is -2.61. The van der Waals surface area contributed by atoms with Crippen molar-refractivity contribution in [2.24, 2.45) is 0 Å². The molecule has 0 aromatic rings. The standard InChI is InChI=1S/C10H20N4O3S/c1-2-12-10(15)9-7-11-5-6-14(9)18(16,17)13-8-3-4-8/h8-9,11,13H,2-7H2,1H3,(H,12,15). The van der Waals surface area contributed by atoms with E-state index in [2.05, 4.69) is 15.4 Å². The third-order valence-corrected chi connectivity index (χ3v) is 4.74. The van der Waals surface area contributed by atoms with Crippen LogP contribution in [0.3, 0.4) is 0 Å². The Hall–Kier alpha value is -0.700. The van der Waals surface area contributed by atoms with Crippen molar-refractivity contribution in [3.05, 3.63) is 0 Å². The number of likely N-dealkylation sites (N-methyl/N-ethyl adjacent to an activating group) is 1. The molecule has 2 fully saturated rings. The van der Waals surface area contributed by atoms with Crippen LogP contribution in [-0.2, 0) is 15.0 Å². The predicted octanol–water partition coefficient (Wildman–Crippen LogP) is -1.61. The Morgan fingerprint density at radius 2 is 2.17 bits per heavy atom. The van der Waals surface area contributed by atoms with Gasteiger partial charge < -0.3 is 10.6 Å². The van der Waals surface area contributed by atoms with Gasteiger partial charge in [0.05, 0.1) is 0 Å². The van der Waals surface area contributed by atoms with Gasteiger partial charge in [-0.1, -0.05) is 0 Å². The fourth-order valence-electron chi connectivity index (χ4n) is 1.97. The molecule has 104 valence electrons. The van der Waals surface area contributed by atoms with Crippen LogP contribution in [-0.4, -0.2) is 56.9 Å². The zero-order valence-electron chi connectivity index (χ0n) is 10.5. The summed E-state index contributed by atoms with van der Waals surface area (Å²) in [5.41, 5.74) is 0. The number of piperazine rings is 1. The number of carbonyl (C=O) groups excluding carboxylic acids is 1. The molecule has 0 spiro atoms. The van der Waals surface area contributed by atoms with Crippen LogP contribution in [0.4, 0.5) is 0 Å². The van der Waals surface area contributed by atoms with Gasteiger partial charge in [-0.15, -0.1) is 0 Å². The van der Waals surface area contributed by atoms with Gasteiger partial charge in [-0.05, 0) is 19.8 Å². The van der Waals surface area contributed by atoms with Crippen LogP contribution in [0.2, 0.25) is 0 Å². The summed E-state index contributed by atoms with van der Waals surface area (Å²) in [6.45, 7) is 3.57. The van der Waals surface area contributed by atoms with Crippen molar-refractivity contribution in [1.82, 2.24) is 19.7 Å². The number of hydrogen-bond donors (Lipinski definition) is 3. The minimum atomic E-state index is -3.55. The molecule has 1 heterocycles. The lowest BCUT2D eigenvalue weighted by atomic mass is 10.2. The van der Waals surface area contributed by atoms with Gasteiger partial charge in [-0.25, -0.2) is 0 Å². The van der Waals surface area contributed by atoms with E-state index in [1.807, 2.05) is 6.92 Å². The molecule has 0 radical (unpaired) electrons. The van der Waals surface area contributed by atoms with Crippen LogP contribution >= 0.6 is 0 Å². The van der Waals surface area contributed by atoms with Gasteiger partial charge in [0.15, 0.2) is 0 Å². The monoisotopic (exact) mass is 276 g/mol. The first-order valence-electron chi connectivity index (χ1n) is 6.32. The smallest absolute Gasteiger partial charge is 0.280 e. The molecule has 1 saturated heterocycles. The van der Waals surface area contributed by atoms with Crippen LogP contribution in [0, 0.1) is 0 Å². The second-order valence-corrected chi connectivity index (χ2v) is 6.28. The fraction of sp³-hybridized carbons (Fsp3) is 0.900. The number of nitrogens with zero attached hydrogens (tertiary/aromatic N) is 1. The van der Waals surface area contributed by atoms with Gasteiger partial charge in [-0.3, -0.25) is 4.79 Å². The van der Waals surface area contributed by atoms with Crippen molar-refractivity contribution < 1.29 is 13.2 Å². The molecule has 7 nitrogen and oxygen atoms in total. The molecule has 0 aromatic heterocycles. The Labute approximate surface area is 107 Å². The molecule has 1 atom stereocenters. The van der Waals surface area contributed by atoms with Crippen LogP contribution in [0.15, 0.2) is 0 Å². The molecule has 8 heteroatoms. The normalized spacial score (nSPS) is 25.9. The van der Waals surface area contributed by atoms with Crippen molar-refractivity contribution in [2.75, 3.05) is 26.2 Å². The fourth-order valence-corrected chi connectivity index (χ4v) is 3.60. The predicted molar refractivity (Wildman–Crippen MR) is 67.1 cm³/mol. The van der Waals surface area contributed by atoms with E-state index in [-0.39, 0.29) is 11.9 Å². The van der Waals surface area contributed by atoms with E-state index in [1.54, 1.807) is 0 Å². The molecule has 3 N–H and O–H groups in total. The molecule has 1 aliphatic carbocycles. The van der Waals surface area contributed by atoms with Gasteiger partial charge in [0.1, 0.15) is 6.04 Å². The number of carbonyl (C=O) groups is 1. The maximum absolute atomic E-state index is 12.2. The summed E-state index contributed by atoms with van der Waals surface area (Å²) in [7, 11) is -3.55. The molecular formula is C10H20N4O3S. The van der Waals surface area contributed by atoms with Crippen molar-refractivity contribution in [3.63, 3.8) is 0 Å². The molecule has 1 saturated carbocycles. The molecule has 1 amide bonds. The van der Waals surface area contributed by atoms with Gasteiger partial charge in [-0.2, -0.15) is 17.4 Å². The molecule has 2 rings (SSSR count). The molecule has 2 aliphatic rings. The lowest BCUT2D eigenvalue weighted by molar-refractivity contribution is -0.125. The average molecular weight is 276 g/mol. The summed E-state index contributed by atoms with van der Waals surface area (Å²) in [5, 5.41) is 5.72. The van der Waals surface area contributed by atoms with Crippen LogP contribution in [0.5, 0.6) is 0 Å². The largest absolute Gasteiger partial charge is 0.355 e. The highest BCUT2D eigenvalue weighted by Crippen LogP contribution is 2.21. The van der Waals surface area contributed by atoms with Crippen LogP contribution in [0.1, 0.15) is 19.8 Å². The maximum Gasteiger partial charge on any atom is 0.280 e. The van der Waals surface area contributed by atoms with E-state index in [0.29, 0.717) is 26.2 Å². The van der Waals surface area contributed by atoms with E-state index in [4.69, 9.17) is 0 Å². The minimum Gasteiger partial charge on any atom is -0.355 e. The lowest BCUT2D eigenvalue weighted by Gasteiger charge is -2.34. The SMILES string of the molecule is CCNC(=O)C1CNCCN1S(=O)(=O)NC1CC1. The number of amides is 1. The summed E-state index contributed by atoms with van der Waals surface area (Å²) in [4.78, 5) is 11.9. The number of rotatable bonds is 5. The molecule has 18 heavy (non-hydrogen) atoms.